The maximum absolute atomic E-state index is 11.0. The van der Waals surface area contributed by atoms with Gasteiger partial charge in [0.25, 0.3) is 0 Å². The summed E-state index contributed by atoms with van der Waals surface area (Å²) in [5, 5.41) is 29.6. The number of aliphatic imine (C=N–C) groups is 1. The molecule has 0 spiro atoms. The van der Waals surface area contributed by atoms with Crippen LogP contribution in [0, 0.1) is 0 Å². The van der Waals surface area contributed by atoms with E-state index in [0.29, 0.717) is 27.2 Å². The van der Waals surface area contributed by atoms with Crippen LogP contribution < -0.4 is 0 Å². The summed E-state index contributed by atoms with van der Waals surface area (Å²) >= 11 is 5.96. The van der Waals surface area contributed by atoms with Gasteiger partial charge in [-0.15, -0.1) is 0 Å². The highest BCUT2D eigenvalue weighted by Gasteiger charge is 2.11. The molecule has 1 aromatic heterocycles. The van der Waals surface area contributed by atoms with Crippen LogP contribution in [0.5, 0.6) is 11.6 Å². The van der Waals surface area contributed by atoms with Gasteiger partial charge in [0.2, 0.25) is 0 Å². The van der Waals surface area contributed by atoms with E-state index in [0.717, 1.165) is 0 Å². The fourth-order valence-corrected chi connectivity index (χ4v) is 2.39. The van der Waals surface area contributed by atoms with Crippen LogP contribution in [0.3, 0.4) is 0 Å². The van der Waals surface area contributed by atoms with E-state index >= 15 is 0 Å². The van der Waals surface area contributed by atoms with Crippen LogP contribution in [-0.2, 0) is 0 Å². The second-order valence-electron chi connectivity index (χ2n) is 4.84. The molecule has 4 N–H and O–H groups in total. The summed E-state index contributed by atoms with van der Waals surface area (Å²) in [5.41, 5.74) is 1.22. The number of aromatic carboxylic acids is 1. The van der Waals surface area contributed by atoms with Gasteiger partial charge in [0.1, 0.15) is 11.3 Å². The minimum absolute atomic E-state index is 0.0664. The van der Waals surface area contributed by atoms with Crippen molar-refractivity contribution in [3.05, 3.63) is 52.5 Å². The maximum atomic E-state index is 11.0. The van der Waals surface area contributed by atoms with Crippen LogP contribution in [0.25, 0.3) is 10.9 Å². The summed E-state index contributed by atoms with van der Waals surface area (Å²) in [4.78, 5) is 18.0. The van der Waals surface area contributed by atoms with Crippen LogP contribution in [0.15, 0.2) is 41.4 Å². The van der Waals surface area contributed by atoms with Crippen molar-refractivity contribution in [3.63, 3.8) is 0 Å². The average Bonchev–Trinajstić information content (AvgIpc) is 2.81. The number of H-pyrrole nitrogens is 1. The monoisotopic (exact) mass is 330 g/mol. The highest BCUT2D eigenvalue weighted by molar-refractivity contribution is 6.31. The molecule has 3 rings (SSSR count). The molecule has 0 aliphatic carbocycles. The summed E-state index contributed by atoms with van der Waals surface area (Å²) in [6, 6.07) is 9.08. The van der Waals surface area contributed by atoms with Gasteiger partial charge in [-0.1, -0.05) is 11.6 Å². The van der Waals surface area contributed by atoms with Crippen LogP contribution in [0.2, 0.25) is 5.02 Å². The largest absolute Gasteiger partial charge is 0.507 e. The summed E-state index contributed by atoms with van der Waals surface area (Å²) < 4.78 is 0. The van der Waals surface area contributed by atoms with Gasteiger partial charge < -0.3 is 20.3 Å². The Hall–Kier alpha value is -2.99. The third-order valence-corrected chi connectivity index (χ3v) is 3.57. The van der Waals surface area contributed by atoms with E-state index in [-0.39, 0.29) is 17.2 Å². The molecule has 0 fully saturated rings. The molecule has 0 saturated carbocycles. The summed E-state index contributed by atoms with van der Waals surface area (Å²) in [7, 11) is 0. The molecule has 7 heteroatoms. The van der Waals surface area contributed by atoms with Gasteiger partial charge in [-0.2, -0.15) is 0 Å². The molecule has 0 aliphatic rings. The lowest BCUT2D eigenvalue weighted by atomic mass is 10.1. The normalized spacial score (nSPS) is 11.3. The molecule has 0 atom stereocenters. The van der Waals surface area contributed by atoms with E-state index in [4.69, 9.17) is 16.7 Å². The molecule has 2 aromatic carbocycles. The first-order chi connectivity index (χ1) is 11.0. The number of hydrogen-bond acceptors (Lipinski definition) is 4. The number of benzene rings is 2. The maximum Gasteiger partial charge on any atom is 0.339 e. The van der Waals surface area contributed by atoms with Crippen molar-refractivity contribution in [2.45, 2.75) is 0 Å². The number of aromatic amines is 1. The van der Waals surface area contributed by atoms with E-state index < -0.39 is 5.97 Å². The lowest BCUT2D eigenvalue weighted by Crippen LogP contribution is -1.95. The Morgan fingerprint density at radius 2 is 1.96 bits per heavy atom. The molecule has 23 heavy (non-hydrogen) atoms. The number of fused-ring (bicyclic) bond motifs is 1. The van der Waals surface area contributed by atoms with Crippen LogP contribution in [-0.4, -0.2) is 32.5 Å². The Morgan fingerprint density at radius 1 is 1.17 bits per heavy atom. The number of carbonyl (C=O) groups is 1. The zero-order chi connectivity index (χ0) is 16.6. The summed E-state index contributed by atoms with van der Waals surface area (Å²) in [5.74, 6) is -1.65. The SMILES string of the molecule is O=C(O)c1cc(N=Cc2c(O)[nH]c3ccc(Cl)cc23)ccc1O. The number of carboxylic acids is 1. The average molecular weight is 331 g/mol. The smallest absolute Gasteiger partial charge is 0.339 e. The third-order valence-electron chi connectivity index (χ3n) is 3.33. The molecular formula is C16H11ClN2O4. The quantitative estimate of drug-likeness (QED) is 0.549. The van der Waals surface area contributed by atoms with E-state index in [2.05, 4.69) is 9.98 Å². The standard InChI is InChI=1S/C16H11ClN2O4/c17-8-1-3-13-10(5-8)12(15(21)19-13)7-18-9-2-4-14(20)11(6-9)16(22)23/h1-7,19-21H,(H,22,23). The Morgan fingerprint density at radius 3 is 2.70 bits per heavy atom. The van der Waals surface area contributed by atoms with Gasteiger partial charge in [-0.05, 0) is 36.4 Å². The Bertz CT molecular complexity index is 947. The Kier molecular flexibility index (Phi) is 3.67. The van der Waals surface area contributed by atoms with E-state index in [1.165, 1.54) is 24.4 Å². The fraction of sp³-hybridized carbons (Fsp3) is 0. The predicted octanol–water partition coefficient (Wildman–Crippen LogP) is 3.68. The number of aromatic hydroxyl groups is 2. The molecule has 0 saturated heterocycles. The highest BCUT2D eigenvalue weighted by Crippen LogP contribution is 2.29. The number of hydrogen-bond donors (Lipinski definition) is 4. The Balaban J connectivity index is 2.04. The number of rotatable bonds is 3. The second-order valence-corrected chi connectivity index (χ2v) is 5.28. The molecular weight excluding hydrogens is 320 g/mol. The van der Waals surface area contributed by atoms with E-state index in [1.54, 1.807) is 18.2 Å². The van der Waals surface area contributed by atoms with E-state index in [1.807, 2.05) is 0 Å². The Labute approximate surface area is 135 Å². The topological polar surface area (TPSA) is 106 Å². The molecule has 3 aromatic rings. The molecule has 0 bridgehead atoms. The van der Waals surface area contributed by atoms with Gasteiger partial charge in [-0.25, -0.2) is 4.79 Å². The van der Waals surface area contributed by atoms with Gasteiger partial charge in [0.15, 0.2) is 5.88 Å². The lowest BCUT2D eigenvalue weighted by Gasteiger charge is -2.00. The van der Waals surface area contributed by atoms with Crippen molar-refractivity contribution in [2.75, 3.05) is 0 Å². The number of nitrogens with zero attached hydrogens (tertiary/aromatic N) is 1. The van der Waals surface area contributed by atoms with Gasteiger partial charge in [0, 0.05) is 22.1 Å². The molecule has 6 nitrogen and oxygen atoms in total. The second kappa shape index (κ2) is 5.66. The number of carboxylic acid groups (broad SMARTS) is 1. The number of nitrogens with one attached hydrogen (secondary N) is 1. The summed E-state index contributed by atoms with van der Waals surface area (Å²) in [6.07, 6.45) is 1.41. The highest BCUT2D eigenvalue weighted by atomic mass is 35.5. The third kappa shape index (κ3) is 2.84. The van der Waals surface area contributed by atoms with Crippen molar-refractivity contribution >= 4 is 40.4 Å². The molecule has 0 unspecified atom stereocenters. The first kappa shape index (κ1) is 14.9. The van der Waals surface area contributed by atoms with Crippen molar-refractivity contribution in [1.82, 2.24) is 4.98 Å². The number of aromatic nitrogens is 1. The minimum atomic E-state index is -1.25. The molecule has 1 heterocycles. The zero-order valence-corrected chi connectivity index (χ0v) is 12.4. The van der Waals surface area contributed by atoms with Crippen molar-refractivity contribution in [2.24, 2.45) is 4.99 Å². The van der Waals surface area contributed by atoms with Crippen molar-refractivity contribution in [1.29, 1.82) is 0 Å². The molecule has 0 radical (unpaired) electrons. The van der Waals surface area contributed by atoms with Gasteiger partial charge >= 0.3 is 5.97 Å². The number of halogens is 1. The molecule has 0 amide bonds. The van der Waals surface area contributed by atoms with Gasteiger partial charge in [0.05, 0.1) is 11.3 Å². The first-order valence-electron chi connectivity index (χ1n) is 6.56. The van der Waals surface area contributed by atoms with Crippen molar-refractivity contribution in [3.8, 4) is 11.6 Å². The number of phenols is 1. The minimum Gasteiger partial charge on any atom is -0.507 e. The molecule has 116 valence electrons. The van der Waals surface area contributed by atoms with Crippen LogP contribution in [0.4, 0.5) is 5.69 Å². The molecule has 0 aliphatic heterocycles. The van der Waals surface area contributed by atoms with Crippen LogP contribution >= 0.6 is 11.6 Å². The van der Waals surface area contributed by atoms with Gasteiger partial charge in [-0.3, -0.25) is 4.99 Å². The fourth-order valence-electron chi connectivity index (χ4n) is 2.22. The first-order valence-corrected chi connectivity index (χ1v) is 6.94. The predicted molar refractivity (Wildman–Crippen MR) is 87.3 cm³/mol. The zero-order valence-electron chi connectivity index (χ0n) is 11.6. The lowest BCUT2D eigenvalue weighted by molar-refractivity contribution is 0.0694. The summed E-state index contributed by atoms with van der Waals surface area (Å²) in [6.45, 7) is 0. The van der Waals surface area contributed by atoms with Crippen molar-refractivity contribution < 1.29 is 20.1 Å². The van der Waals surface area contributed by atoms with E-state index in [9.17, 15) is 15.0 Å². The van der Waals surface area contributed by atoms with Crippen LogP contribution in [0.1, 0.15) is 15.9 Å².